The lowest BCUT2D eigenvalue weighted by Gasteiger charge is -2.18. The highest BCUT2D eigenvalue weighted by Gasteiger charge is 2.15. The number of hydrogen-bond acceptors (Lipinski definition) is 6. The molecule has 27 heavy (non-hydrogen) atoms. The van der Waals surface area contributed by atoms with E-state index in [9.17, 15) is 13.2 Å². The molecule has 9 heteroatoms. The first-order chi connectivity index (χ1) is 12.8. The first-order valence-electron chi connectivity index (χ1n) is 8.36. The average Bonchev–Trinajstić information content (AvgIpc) is 3.14. The molecule has 0 aliphatic rings. The fourth-order valence-electron chi connectivity index (χ4n) is 2.14. The summed E-state index contributed by atoms with van der Waals surface area (Å²) >= 11 is 1.67. The minimum Gasteiger partial charge on any atom is -0.481 e. The molecule has 1 N–H and O–H groups in total. The van der Waals surface area contributed by atoms with Crippen molar-refractivity contribution in [1.29, 1.82) is 0 Å². The number of thioether (sulfide) groups is 1. The molecule has 1 amide bonds. The van der Waals surface area contributed by atoms with Crippen molar-refractivity contribution >= 4 is 33.4 Å². The molecule has 0 radical (unpaired) electrons. The summed E-state index contributed by atoms with van der Waals surface area (Å²) in [5.74, 6) is 2.74. The van der Waals surface area contributed by atoms with Crippen molar-refractivity contribution in [3.63, 3.8) is 0 Å². The number of benzene rings is 1. The molecule has 0 aliphatic heterocycles. The number of hydrogen-bond donors (Lipinski definition) is 1. The Hall–Kier alpha value is -2.13. The van der Waals surface area contributed by atoms with Crippen LogP contribution in [0.1, 0.15) is 12.7 Å². The average molecular weight is 413 g/mol. The molecule has 0 saturated carbocycles. The number of anilines is 1. The molecular weight excluding hydrogens is 388 g/mol. The second kappa shape index (κ2) is 9.70. The Morgan fingerprint density at radius 1 is 1.30 bits per heavy atom. The van der Waals surface area contributed by atoms with Gasteiger partial charge in [-0.2, -0.15) is 11.8 Å². The van der Waals surface area contributed by atoms with Crippen molar-refractivity contribution in [2.24, 2.45) is 0 Å². The third kappa shape index (κ3) is 6.84. The molecular formula is C18H24N2O5S2. The second-order valence-electron chi connectivity index (χ2n) is 5.91. The SMILES string of the molecule is C[C@H](Oc1ccc(N(C)S(C)(=O)=O)cc1)C(=O)NCCSCc1ccco1. The van der Waals surface area contributed by atoms with Gasteiger partial charge < -0.3 is 14.5 Å². The maximum Gasteiger partial charge on any atom is 0.260 e. The van der Waals surface area contributed by atoms with E-state index >= 15 is 0 Å². The summed E-state index contributed by atoms with van der Waals surface area (Å²) in [4.78, 5) is 12.1. The fourth-order valence-corrected chi connectivity index (χ4v) is 3.40. The molecule has 0 bridgehead atoms. The van der Waals surface area contributed by atoms with Crippen molar-refractivity contribution in [3.05, 3.63) is 48.4 Å². The molecule has 1 aromatic heterocycles. The number of nitrogens with zero attached hydrogens (tertiary/aromatic N) is 1. The van der Waals surface area contributed by atoms with Crippen molar-refractivity contribution in [2.75, 3.05) is 29.9 Å². The number of carbonyl (C=O) groups excluding carboxylic acids is 1. The van der Waals surface area contributed by atoms with Crippen molar-refractivity contribution in [3.8, 4) is 5.75 Å². The first kappa shape index (κ1) is 21.2. The zero-order valence-corrected chi connectivity index (χ0v) is 17.2. The number of nitrogens with one attached hydrogen (secondary N) is 1. The first-order valence-corrected chi connectivity index (χ1v) is 11.4. The van der Waals surface area contributed by atoms with Gasteiger partial charge in [0.25, 0.3) is 5.91 Å². The Bertz CT molecular complexity index is 820. The molecule has 1 aromatic carbocycles. The number of rotatable bonds is 10. The van der Waals surface area contributed by atoms with Gasteiger partial charge >= 0.3 is 0 Å². The van der Waals surface area contributed by atoms with Crippen LogP contribution < -0.4 is 14.4 Å². The summed E-state index contributed by atoms with van der Waals surface area (Å²) in [6, 6.07) is 10.3. The van der Waals surface area contributed by atoms with Crippen LogP contribution >= 0.6 is 11.8 Å². The lowest BCUT2D eigenvalue weighted by molar-refractivity contribution is -0.127. The molecule has 0 saturated heterocycles. The molecule has 1 atom stereocenters. The lowest BCUT2D eigenvalue weighted by Crippen LogP contribution is -2.37. The summed E-state index contributed by atoms with van der Waals surface area (Å²) < 4.78 is 35.1. The van der Waals surface area contributed by atoms with Gasteiger partial charge in [0.2, 0.25) is 10.0 Å². The summed E-state index contributed by atoms with van der Waals surface area (Å²) in [6.45, 7) is 2.21. The Morgan fingerprint density at radius 3 is 2.59 bits per heavy atom. The van der Waals surface area contributed by atoms with Crippen LogP contribution in [0, 0.1) is 0 Å². The predicted octanol–water partition coefficient (Wildman–Crippen LogP) is 2.49. The zero-order valence-electron chi connectivity index (χ0n) is 15.5. The monoisotopic (exact) mass is 412 g/mol. The highest BCUT2D eigenvalue weighted by molar-refractivity contribution is 7.98. The number of sulfonamides is 1. The van der Waals surface area contributed by atoms with E-state index in [1.54, 1.807) is 49.2 Å². The summed E-state index contributed by atoms with van der Waals surface area (Å²) in [6.07, 6.45) is 2.12. The summed E-state index contributed by atoms with van der Waals surface area (Å²) in [7, 11) is -1.84. The Kier molecular flexibility index (Phi) is 7.61. The van der Waals surface area contributed by atoms with Crippen LogP contribution in [0.15, 0.2) is 47.1 Å². The van der Waals surface area contributed by atoms with Crippen molar-refractivity contribution in [1.82, 2.24) is 5.32 Å². The van der Waals surface area contributed by atoms with E-state index in [2.05, 4.69) is 5.32 Å². The third-order valence-electron chi connectivity index (χ3n) is 3.75. The van der Waals surface area contributed by atoms with Gasteiger partial charge in [-0.1, -0.05) is 0 Å². The third-order valence-corrected chi connectivity index (χ3v) is 5.94. The van der Waals surface area contributed by atoms with Crippen LogP contribution in [-0.4, -0.2) is 46.0 Å². The van der Waals surface area contributed by atoms with Gasteiger partial charge in [0, 0.05) is 19.3 Å². The fraction of sp³-hybridized carbons (Fsp3) is 0.389. The second-order valence-corrected chi connectivity index (χ2v) is 9.03. The smallest absolute Gasteiger partial charge is 0.260 e. The number of carbonyl (C=O) groups is 1. The van der Waals surface area contributed by atoms with Crippen molar-refractivity contribution < 1.29 is 22.4 Å². The molecule has 2 aromatic rings. The molecule has 0 unspecified atom stereocenters. The van der Waals surface area contributed by atoms with Crippen molar-refractivity contribution in [2.45, 2.75) is 18.8 Å². The van der Waals surface area contributed by atoms with Gasteiger partial charge in [-0.3, -0.25) is 9.10 Å². The number of amides is 1. The summed E-state index contributed by atoms with van der Waals surface area (Å²) in [5, 5.41) is 2.83. The van der Waals surface area contributed by atoms with Crippen LogP contribution in [0.2, 0.25) is 0 Å². The Labute approximate surface area is 164 Å². The molecule has 0 aliphatic carbocycles. The van der Waals surface area contributed by atoms with Gasteiger partial charge in [0.15, 0.2) is 6.10 Å². The van der Waals surface area contributed by atoms with Gasteiger partial charge in [-0.05, 0) is 43.3 Å². The standard InChI is InChI=1S/C18H24N2O5S2/c1-14(18(21)19-10-12-26-13-17-5-4-11-24-17)25-16-8-6-15(7-9-16)20(2)27(3,22)23/h4-9,11,14H,10,12-13H2,1-3H3,(H,19,21)/t14-/m0/s1. The maximum atomic E-state index is 12.1. The molecule has 7 nitrogen and oxygen atoms in total. The molecule has 0 spiro atoms. The van der Waals surface area contributed by atoms with Crippen LogP contribution in [0.5, 0.6) is 5.75 Å². The van der Waals surface area contributed by atoms with Crippen LogP contribution in [0.25, 0.3) is 0 Å². The minimum atomic E-state index is -3.31. The topological polar surface area (TPSA) is 88.8 Å². The van der Waals surface area contributed by atoms with E-state index < -0.39 is 16.1 Å². The Balaban J connectivity index is 1.73. The number of furan rings is 1. The maximum absolute atomic E-state index is 12.1. The quantitative estimate of drug-likeness (QED) is 0.603. The van der Waals surface area contributed by atoms with Gasteiger partial charge in [0.05, 0.1) is 24.0 Å². The van der Waals surface area contributed by atoms with Gasteiger partial charge in [-0.25, -0.2) is 8.42 Å². The number of ether oxygens (including phenoxy) is 1. The van der Waals surface area contributed by atoms with E-state index in [0.29, 0.717) is 18.0 Å². The van der Waals surface area contributed by atoms with E-state index in [-0.39, 0.29) is 5.91 Å². The van der Waals surface area contributed by atoms with Crippen LogP contribution in [0.4, 0.5) is 5.69 Å². The highest BCUT2D eigenvalue weighted by Crippen LogP contribution is 2.21. The van der Waals surface area contributed by atoms with E-state index in [0.717, 1.165) is 23.5 Å². The van der Waals surface area contributed by atoms with Gasteiger partial charge in [-0.15, -0.1) is 0 Å². The Morgan fingerprint density at radius 2 is 2.00 bits per heavy atom. The van der Waals surface area contributed by atoms with E-state index in [1.807, 2.05) is 12.1 Å². The summed E-state index contributed by atoms with van der Waals surface area (Å²) in [5.41, 5.74) is 0.524. The lowest BCUT2D eigenvalue weighted by atomic mass is 10.3. The highest BCUT2D eigenvalue weighted by atomic mass is 32.2. The molecule has 1 heterocycles. The van der Waals surface area contributed by atoms with Crippen LogP contribution in [0.3, 0.4) is 0 Å². The molecule has 2 rings (SSSR count). The molecule has 0 fully saturated rings. The zero-order chi connectivity index (χ0) is 19.9. The van der Waals surface area contributed by atoms with Crippen LogP contribution in [-0.2, 0) is 20.6 Å². The normalized spacial score (nSPS) is 12.4. The largest absolute Gasteiger partial charge is 0.481 e. The predicted molar refractivity (Wildman–Crippen MR) is 108 cm³/mol. The van der Waals surface area contributed by atoms with E-state index in [1.165, 1.54) is 11.4 Å². The van der Waals surface area contributed by atoms with E-state index in [4.69, 9.17) is 9.15 Å². The minimum absolute atomic E-state index is 0.203. The molecule has 148 valence electrons. The van der Waals surface area contributed by atoms with Gasteiger partial charge in [0.1, 0.15) is 11.5 Å².